The zero-order valence-corrected chi connectivity index (χ0v) is 13.2. The van der Waals surface area contributed by atoms with Crippen LogP contribution in [0.25, 0.3) is 0 Å². The van der Waals surface area contributed by atoms with Crippen LogP contribution in [0.4, 0.5) is 18.0 Å². The van der Waals surface area contributed by atoms with Crippen molar-refractivity contribution in [3.63, 3.8) is 0 Å². The molecule has 0 heterocycles. The summed E-state index contributed by atoms with van der Waals surface area (Å²) in [5.41, 5.74) is 4.60. The van der Waals surface area contributed by atoms with E-state index < -0.39 is 23.9 Å². The average Bonchev–Trinajstić information content (AvgIpc) is 2.32. The predicted molar refractivity (Wildman–Crippen MR) is 77.5 cm³/mol. The molecule has 8 heteroatoms. The minimum atomic E-state index is -4.70. The molecule has 1 aromatic carbocycles. The van der Waals surface area contributed by atoms with E-state index in [0.29, 0.717) is 0 Å². The number of alkyl carbamates (subject to hydrolysis) is 1. The third-order valence-corrected chi connectivity index (χ3v) is 2.86. The number of rotatable bonds is 3. The number of hydrogen-bond acceptors (Lipinski definition) is 3. The van der Waals surface area contributed by atoms with E-state index in [1.54, 1.807) is 20.8 Å². The van der Waals surface area contributed by atoms with Crippen molar-refractivity contribution in [1.29, 1.82) is 0 Å². The number of benzene rings is 1. The minimum absolute atomic E-state index is 0.140. The number of nitrogens with two attached hydrogens (primary N) is 1. The summed E-state index contributed by atoms with van der Waals surface area (Å²) < 4.78 is 44.7. The Labute approximate surface area is 131 Å². The fourth-order valence-electron chi connectivity index (χ4n) is 1.79. The monoisotopic (exact) mass is 338 g/mol. The molecular formula is C14H18ClF3N2O2. The van der Waals surface area contributed by atoms with E-state index in [1.165, 1.54) is 18.2 Å². The van der Waals surface area contributed by atoms with Gasteiger partial charge in [-0.1, -0.05) is 17.7 Å². The molecule has 1 atom stereocenters. The van der Waals surface area contributed by atoms with Gasteiger partial charge < -0.3 is 15.8 Å². The lowest BCUT2D eigenvalue weighted by Gasteiger charge is -2.26. The normalized spacial score (nSPS) is 13.6. The first-order valence-corrected chi connectivity index (χ1v) is 6.86. The van der Waals surface area contributed by atoms with E-state index in [9.17, 15) is 18.0 Å². The summed E-state index contributed by atoms with van der Waals surface area (Å²) in [6, 6.07) is 1.62. The van der Waals surface area contributed by atoms with Gasteiger partial charge in [-0.15, -0.1) is 0 Å². The first-order chi connectivity index (χ1) is 9.94. The molecule has 1 amide bonds. The number of hydrogen-bond donors (Lipinski definition) is 2. The first kappa shape index (κ1) is 18.6. The second-order valence-corrected chi connectivity index (χ2v) is 6.10. The molecule has 0 aliphatic heterocycles. The van der Waals surface area contributed by atoms with Gasteiger partial charge in [-0.25, -0.2) is 4.79 Å². The zero-order chi connectivity index (χ0) is 17.1. The Balaban J connectivity index is 3.13. The molecule has 0 aliphatic carbocycles. The maximum atomic E-state index is 13.3. The minimum Gasteiger partial charge on any atom is -0.444 e. The number of amides is 1. The highest BCUT2D eigenvalue weighted by atomic mass is 35.5. The molecular weight excluding hydrogens is 321 g/mol. The summed E-state index contributed by atoms with van der Waals surface area (Å²) in [5, 5.41) is 2.11. The van der Waals surface area contributed by atoms with Gasteiger partial charge >= 0.3 is 12.3 Å². The summed E-state index contributed by atoms with van der Waals surface area (Å²) in [6.45, 7) is 4.53. The highest BCUT2D eigenvalue weighted by Gasteiger charge is 2.43. The van der Waals surface area contributed by atoms with Gasteiger partial charge in [-0.05, 0) is 44.0 Å². The Morgan fingerprint density at radius 3 is 2.41 bits per heavy atom. The molecule has 3 N–H and O–H groups in total. The van der Waals surface area contributed by atoms with Crippen LogP contribution in [-0.4, -0.2) is 17.9 Å². The molecule has 4 nitrogen and oxygen atoms in total. The molecule has 0 bridgehead atoms. The van der Waals surface area contributed by atoms with E-state index in [2.05, 4.69) is 0 Å². The van der Waals surface area contributed by atoms with Crippen LogP contribution in [0.3, 0.4) is 0 Å². The van der Waals surface area contributed by atoms with Crippen LogP contribution in [-0.2, 0) is 11.3 Å². The van der Waals surface area contributed by atoms with Crippen LogP contribution in [0.1, 0.15) is 37.9 Å². The van der Waals surface area contributed by atoms with Crippen molar-refractivity contribution in [3.05, 3.63) is 34.3 Å². The van der Waals surface area contributed by atoms with Crippen molar-refractivity contribution < 1.29 is 22.7 Å². The standard InChI is InChI=1S/C14H18ClF3N2O2/c1-13(2,3)22-12(21)20-11(14(16,17)18)10-5-4-9(15)6-8(10)7-19/h4-6,11H,7,19H2,1-3H3,(H,20,21). The fourth-order valence-corrected chi connectivity index (χ4v) is 1.99. The lowest BCUT2D eigenvalue weighted by Crippen LogP contribution is -2.41. The molecule has 1 rings (SSSR count). The van der Waals surface area contributed by atoms with E-state index in [0.717, 1.165) is 0 Å². The molecule has 0 saturated heterocycles. The molecule has 0 aromatic heterocycles. The molecule has 0 saturated carbocycles. The van der Waals surface area contributed by atoms with Gasteiger partial charge in [0.1, 0.15) is 5.60 Å². The molecule has 1 aromatic rings. The number of ether oxygens (including phenoxy) is 1. The molecule has 0 aliphatic rings. The second-order valence-electron chi connectivity index (χ2n) is 5.67. The Morgan fingerprint density at radius 2 is 1.95 bits per heavy atom. The SMILES string of the molecule is CC(C)(C)OC(=O)NC(c1ccc(Cl)cc1CN)C(F)(F)F. The quantitative estimate of drug-likeness (QED) is 0.877. The molecule has 22 heavy (non-hydrogen) atoms. The summed E-state index contributed by atoms with van der Waals surface area (Å²) >= 11 is 5.76. The van der Waals surface area contributed by atoms with Crippen LogP contribution in [0.5, 0.6) is 0 Å². The van der Waals surface area contributed by atoms with Crippen molar-refractivity contribution in [2.45, 2.75) is 45.1 Å². The Morgan fingerprint density at radius 1 is 1.36 bits per heavy atom. The number of halogens is 4. The van der Waals surface area contributed by atoms with Crippen molar-refractivity contribution in [1.82, 2.24) is 5.32 Å². The Hall–Kier alpha value is -1.47. The third kappa shape index (κ3) is 5.38. The van der Waals surface area contributed by atoms with Gasteiger partial charge in [0.05, 0.1) is 0 Å². The van der Waals surface area contributed by atoms with Crippen molar-refractivity contribution in [3.8, 4) is 0 Å². The summed E-state index contributed by atoms with van der Waals surface area (Å²) in [4.78, 5) is 11.7. The molecule has 124 valence electrons. The number of carbonyl (C=O) groups excluding carboxylic acids is 1. The van der Waals surface area contributed by atoms with Gasteiger partial charge in [0.25, 0.3) is 0 Å². The molecule has 0 fully saturated rings. The van der Waals surface area contributed by atoms with Crippen LogP contribution in [0.2, 0.25) is 5.02 Å². The highest BCUT2D eigenvalue weighted by Crippen LogP contribution is 2.35. The van der Waals surface area contributed by atoms with Crippen LogP contribution in [0.15, 0.2) is 18.2 Å². The topological polar surface area (TPSA) is 64.3 Å². The Bertz CT molecular complexity index is 542. The fraction of sp³-hybridized carbons (Fsp3) is 0.500. The van der Waals surface area contributed by atoms with E-state index in [4.69, 9.17) is 22.1 Å². The number of nitrogens with one attached hydrogen (secondary N) is 1. The molecule has 0 spiro atoms. The highest BCUT2D eigenvalue weighted by molar-refractivity contribution is 6.30. The predicted octanol–water partition coefficient (Wildman–Crippen LogP) is 3.93. The van der Waals surface area contributed by atoms with Gasteiger partial charge in [0.15, 0.2) is 6.04 Å². The maximum absolute atomic E-state index is 13.3. The average molecular weight is 339 g/mol. The van der Waals surface area contributed by atoms with Gasteiger partial charge in [0, 0.05) is 11.6 Å². The van der Waals surface area contributed by atoms with Gasteiger partial charge in [-0.2, -0.15) is 13.2 Å². The Kier molecular flexibility index (Phi) is 5.70. The third-order valence-electron chi connectivity index (χ3n) is 2.62. The lowest BCUT2D eigenvalue weighted by molar-refractivity contribution is -0.157. The summed E-state index contributed by atoms with van der Waals surface area (Å²) in [5.74, 6) is 0. The van der Waals surface area contributed by atoms with Gasteiger partial charge in [0.2, 0.25) is 0 Å². The number of carbonyl (C=O) groups is 1. The smallest absolute Gasteiger partial charge is 0.412 e. The zero-order valence-electron chi connectivity index (χ0n) is 12.4. The van der Waals surface area contributed by atoms with Crippen LogP contribution < -0.4 is 11.1 Å². The maximum Gasteiger partial charge on any atom is 0.412 e. The van der Waals surface area contributed by atoms with Crippen molar-refractivity contribution >= 4 is 17.7 Å². The molecule has 0 radical (unpaired) electrons. The van der Waals surface area contributed by atoms with Crippen LogP contribution in [0, 0.1) is 0 Å². The largest absolute Gasteiger partial charge is 0.444 e. The van der Waals surface area contributed by atoms with E-state index >= 15 is 0 Å². The summed E-state index contributed by atoms with van der Waals surface area (Å²) in [6.07, 6.45) is -5.86. The van der Waals surface area contributed by atoms with Gasteiger partial charge in [-0.3, -0.25) is 0 Å². The second kappa shape index (κ2) is 6.75. The summed E-state index contributed by atoms with van der Waals surface area (Å²) in [7, 11) is 0. The lowest BCUT2D eigenvalue weighted by atomic mass is 10.00. The number of alkyl halides is 3. The first-order valence-electron chi connectivity index (χ1n) is 6.48. The van der Waals surface area contributed by atoms with E-state index in [1.807, 2.05) is 5.32 Å². The molecule has 1 unspecified atom stereocenters. The van der Waals surface area contributed by atoms with Crippen LogP contribution >= 0.6 is 11.6 Å². The van der Waals surface area contributed by atoms with Crippen molar-refractivity contribution in [2.75, 3.05) is 0 Å². The van der Waals surface area contributed by atoms with E-state index in [-0.39, 0.29) is 22.7 Å². The van der Waals surface area contributed by atoms with Crippen molar-refractivity contribution in [2.24, 2.45) is 5.73 Å².